The van der Waals surface area contributed by atoms with Crippen molar-refractivity contribution in [3.63, 3.8) is 0 Å². The number of halogens is 2. The molecule has 2 aromatic rings. The maximum atomic E-state index is 12.6. The topological polar surface area (TPSA) is 54.9 Å². The second kappa shape index (κ2) is 5.01. The van der Waals surface area contributed by atoms with Gasteiger partial charge in [0.05, 0.1) is 6.20 Å². The molecule has 2 aromatic heterocycles. The van der Waals surface area contributed by atoms with Crippen LogP contribution in [0, 0.1) is 5.82 Å². The second-order valence-electron chi connectivity index (χ2n) is 3.18. The lowest BCUT2D eigenvalue weighted by atomic mass is 10.3. The van der Waals surface area contributed by atoms with E-state index in [0.29, 0.717) is 5.82 Å². The molecule has 0 bridgehead atoms. The Morgan fingerprint density at radius 1 is 1.18 bits per heavy atom. The van der Waals surface area contributed by atoms with E-state index in [0.717, 1.165) is 10.7 Å². The van der Waals surface area contributed by atoms with Gasteiger partial charge >= 0.3 is 0 Å². The third-order valence-electron chi connectivity index (χ3n) is 1.93. The van der Waals surface area contributed by atoms with Gasteiger partial charge in [0, 0.05) is 10.7 Å². The lowest BCUT2D eigenvalue weighted by Crippen LogP contribution is -2.14. The van der Waals surface area contributed by atoms with Crippen molar-refractivity contribution < 1.29 is 9.18 Å². The number of nitrogens with one attached hydrogen (secondary N) is 1. The summed E-state index contributed by atoms with van der Waals surface area (Å²) in [5.41, 5.74) is 0.135. The van der Waals surface area contributed by atoms with Gasteiger partial charge in [0.15, 0.2) is 0 Å². The standard InChI is InChI=1S/C11H7BrFN3O/c12-7-1-4-10(15-5-7)16-11(17)9-3-2-8(13)6-14-9/h1-6H,(H,15,16,17). The maximum absolute atomic E-state index is 12.6. The molecule has 0 atom stereocenters. The fourth-order valence-corrected chi connectivity index (χ4v) is 1.37. The van der Waals surface area contributed by atoms with Gasteiger partial charge < -0.3 is 5.32 Å². The van der Waals surface area contributed by atoms with Crippen molar-refractivity contribution >= 4 is 27.7 Å². The zero-order chi connectivity index (χ0) is 12.3. The number of pyridine rings is 2. The molecule has 0 aromatic carbocycles. The van der Waals surface area contributed by atoms with Crippen LogP contribution in [0.4, 0.5) is 10.2 Å². The molecule has 1 amide bonds. The first-order valence-corrected chi connectivity index (χ1v) is 5.49. The van der Waals surface area contributed by atoms with E-state index in [1.165, 1.54) is 12.1 Å². The Bertz CT molecular complexity index is 527. The van der Waals surface area contributed by atoms with Crippen LogP contribution >= 0.6 is 15.9 Å². The van der Waals surface area contributed by atoms with Gasteiger partial charge in [0.25, 0.3) is 5.91 Å². The summed E-state index contributed by atoms with van der Waals surface area (Å²) in [6, 6.07) is 5.88. The van der Waals surface area contributed by atoms with E-state index < -0.39 is 11.7 Å². The number of rotatable bonds is 2. The third kappa shape index (κ3) is 3.07. The van der Waals surface area contributed by atoms with Crippen LogP contribution in [0.15, 0.2) is 41.1 Å². The molecular weight excluding hydrogens is 289 g/mol. The molecule has 0 aliphatic heterocycles. The number of hydrogen-bond acceptors (Lipinski definition) is 3. The highest BCUT2D eigenvalue weighted by atomic mass is 79.9. The van der Waals surface area contributed by atoms with E-state index in [9.17, 15) is 9.18 Å². The fourth-order valence-electron chi connectivity index (χ4n) is 1.14. The molecule has 86 valence electrons. The molecule has 0 fully saturated rings. The summed E-state index contributed by atoms with van der Waals surface area (Å²) < 4.78 is 13.4. The van der Waals surface area contributed by atoms with E-state index >= 15 is 0 Å². The Balaban J connectivity index is 2.11. The summed E-state index contributed by atoms with van der Waals surface area (Å²) in [6.45, 7) is 0. The largest absolute Gasteiger partial charge is 0.305 e. The van der Waals surface area contributed by atoms with E-state index in [4.69, 9.17) is 0 Å². The summed E-state index contributed by atoms with van der Waals surface area (Å²) in [5.74, 6) is -0.507. The summed E-state index contributed by atoms with van der Waals surface area (Å²) in [6.07, 6.45) is 2.55. The minimum absolute atomic E-state index is 0.135. The van der Waals surface area contributed by atoms with Crippen molar-refractivity contribution in [2.24, 2.45) is 0 Å². The predicted molar refractivity (Wildman–Crippen MR) is 64.1 cm³/mol. The molecule has 1 N–H and O–H groups in total. The quantitative estimate of drug-likeness (QED) is 0.927. The number of amides is 1. The van der Waals surface area contributed by atoms with Gasteiger partial charge in [-0.05, 0) is 40.2 Å². The molecule has 6 heteroatoms. The van der Waals surface area contributed by atoms with Crippen LogP contribution in [0.25, 0.3) is 0 Å². The van der Waals surface area contributed by atoms with Crippen LogP contribution in [0.1, 0.15) is 10.5 Å². The first-order chi connectivity index (χ1) is 8.15. The van der Waals surface area contributed by atoms with Crippen molar-refractivity contribution in [1.29, 1.82) is 0 Å². The average Bonchev–Trinajstić information content (AvgIpc) is 2.33. The molecule has 4 nitrogen and oxygen atoms in total. The fraction of sp³-hybridized carbons (Fsp3) is 0. The molecule has 0 saturated carbocycles. The van der Waals surface area contributed by atoms with Crippen molar-refractivity contribution in [3.05, 3.63) is 52.6 Å². The Hall–Kier alpha value is -1.82. The molecule has 2 heterocycles. The van der Waals surface area contributed by atoms with E-state index in [-0.39, 0.29) is 5.69 Å². The van der Waals surface area contributed by atoms with Gasteiger partial charge in [-0.3, -0.25) is 4.79 Å². The SMILES string of the molecule is O=C(Nc1ccc(Br)cn1)c1ccc(F)cn1. The van der Waals surface area contributed by atoms with Gasteiger partial charge in [-0.1, -0.05) is 0 Å². The van der Waals surface area contributed by atoms with Crippen LogP contribution in [0.5, 0.6) is 0 Å². The Labute approximate surface area is 105 Å². The zero-order valence-corrected chi connectivity index (χ0v) is 10.1. The summed E-state index contributed by atoms with van der Waals surface area (Å²) in [7, 11) is 0. The lowest BCUT2D eigenvalue weighted by molar-refractivity contribution is 0.102. The average molecular weight is 296 g/mol. The van der Waals surface area contributed by atoms with Gasteiger partial charge in [-0.25, -0.2) is 14.4 Å². The lowest BCUT2D eigenvalue weighted by Gasteiger charge is -2.03. The number of carbonyl (C=O) groups is 1. The molecule has 0 aliphatic rings. The van der Waals surface area contributed by atoms with Crippen molar-refractivity contribution in [3.8, 4) is 0 Å². The Morgan fingerprint density at radius 2 is 2.00 bits per heavy atom. The highest BCUT2D eigenvalue weighted by Gasteiger charge is 2.07. The molecule has 2 rings (SSSR count). The maximum Gasteiger partial charge on any atom is 0.275 e. The third-order valence-corrected chi connectivity index (χ3v) is 2.40. The van der Waals surface area contributed by atoms with Gasteiger partial charge in [0.2, 0.25) is 0 Å². The van der Waals surface area contributed by atoms with Crippen molar-refractivity contribution in [2.45, 2.75) is 0 Å². The van der Waals surface area contributed by atoms with Gasteiger partial charge in [-0.2, -0.15) is 0 Å². The zero-order valence-electron chi connectivity index (χ0n) is 8.52. The van der Waals surface area contributed by atoms with E-state index in [1.54, 1.807) is 18.3 Å². The van der Waals surface area contributed by atoms with Crippen LogP contribution < -0.4 is 5.32 Å². The van der Waals surface area contributed by atoms with Gasteiger partial charge in [0.1, 0.15) is 17.3 Å². The van der Waals surface area contributed by atoms with Crippen LogP contribution in [0.2, 0.25) is 0 Å². The molecule has 0 aliphatic carbocycles. The number of carbonyl (C=O) groups excluding carboxylic acids is 1. The summed E-state index contributed by atoms with van der Waals surface area (Å²) >= 11 is 3.24. The number of hydrogen-bond donors (Lipinski definition) is 1. The van der Waals surface area contributed by atoms with Crippen LogP contribution in [-0.2, 0) is 0 Å². The predicted octanol–water partition coefficient (Wildman–Crippen LogP) is 2.63. The Morgan fingerprint density at radius 3 is 2.59 bits per heavy atom. The van der Waals surface area contributed by atoms with Crippen LogP contribution in [-0.4, -0.2) is 15.9 Å². The minimum Gasteiger partial charge on any atom is -0.305 e. The summed E-state index contributed by atoms with van der Waals surface area (Å²) in [4.78, 5) is 19.3. The molecule has 0 radical (unpaired) electrons. The second-order valence-corrected chi connectivity index (χ2v) is 4.09. The normalized spacial score (nSPS) is 10.0. The number of anilines is 1. The summed E-state index contributed by atoms with van der Waals surface area (Å²) in [5, 5.41) is 2.55. The number of aromatic nitrogens is 2. The molecule has 17 heavy (non-hydrogen) atoms. The smallest absolute Gasteiger partial charge is 0.275 e. The first kappa shape index (κ1) is 11.7. The van der Waals surface area contributed by atoms with E-state index in [2.05, 4.69) is 31.2 Å². The number of nitrogens with zero attached hydrogens (tertiary/aromatic N) is 2. The first-order valence-electron chi connectivity index (χ1n) is 4.69. The highest BCUT2D eigenvalue weighted by molar-refractivity contribution is 9.10. The monoisotopic (exact) mass is 295 g/mol. The van der Waals surface area contributed by atoms with Gasteiger partial charge in [-0.15, -0.1) is 0 Å². The molecule has 0 saturated heterocycles. The molecule has 0 unspecified atom stereocenters. The van der Waals surface area contributed by atoms with Crippen molar-refractivity contribution in [1.82, 2.24) is 9.97 Å². The minimum atomic E-state index is -0.483. The van der Waals surface area contributed by atoms with Crippen molar-refractivity contribution in [2.75, 3.05) is 5.32 Å². The highest BCUT2D eigenvalue weighted by Crippen LogP contribution is 2.11. The molecular formula is C11H7BrFN3O. The van der Waals surface area contributed by atoms with Crippen LogP contribution in [0.3, 0.4) is 0 Å². The molecule has 0 spiro atoms. The Kier molecular flexibility index (Phi) is 3.43. The van der Waals surface area contributed by atoms with E-state index in [1.807, 2.05) is 0 Å².